The molecule has 0 amide bonds. The van der Waals surface area contributed by atoms with Gasteiger partial charge >= 0.3 is 5.97 Å². The standard InChI is InChI=1S/C15H16ClNO3S/c1-4-19-14(18)15(21-3)20-12-5-9(2)13-10(7-12)6-11(16)8-17-13/h5-8,15H,4H2,1-3H3. The minimum Gasteiger partial charge on any atom is -0.468 e. The number of rotatable bonds is 5. The van der Waals surface area contributed by atoms with E-state index in [2.05, 4.69) is 4.98 Å². The van der Waals surface area contributed by atoms with Crippen molar-refractivity contribution < 1.29 is 14.3 Å². The van der Waals surface area contributed by atoms with E-state index < -0.39 is 5.44 Å². The van der Waals surface area contributed by atoms with Crippen molar-refractivity contribution in [2.24, 2.45) is 0 Å². The molecular formula is C15H16ClNO3S. The molecule has 6 heteroatoms. The summed E-state index contributed by atoms with van der Waals surface area (Å²) in [6.45, 7) is 4.03. The largest absolute Gasteiger partial charge is 0.468 e. The van der Waals surface area contributed by atoms with Crippen LogP contribution in [0.1, 0.15) is 12.5 Å². The lowest BCUT2D eigenvalue weighted by Crippen LogP contribution is -2.25. The van der Waals surface area contributed by atoms with Crippen LogP contribution in [0.3, 0.4) is 0 Å². The minimum absolute atomic E-state index is 0.329. The number of esters is 1. The first-order valence-electron chi connectivity index (χ1n) is 6.47. The van der Waals surface area contributed by atoms with Crippen molar-refractivity contribution in [1.82, 2.24) is 4.98 Å². The van der Waals surface area contributed by atoms with Gasteiger partial charge < -0.3 is 9.47 Å². The number of hydrogen-bond donors (Lipinski definition) is 0. The molecule has 0 saturated carbocycles. The minimum atomic E-state index is -0.686. The van der Waals surface area contributed by atoms with Gasteiger partial charge in [0.05, 0.1) is 17.1 Å². The van der Waals surface area contributed by atoms with Crippen LogP contribution in [0, 0.1) is 6.92 Å². The Labute approximate surface area is 132 Å². The third-order valence-corrected chi connectivity index (χ3v) is 3.77. The fraction of sp³-hybridized carbons (Fsp3) is 0.333. The van der Waals surface area contributed by atoms with Gasteiger partial charge in [0, 0.05) is 11.6 Å². The smallest absolute Gasteiger partial charge is 0.358 e. The SMILES string of the molecule is CCOC(=O)C(Oc1cc(C)c2ncc(Cl)cc2c1)SC. The Bertz CT molecular complexity index is 663. The zero-order valence-electron chi connectivity index (χ0n) is 12.1. The summed E-state index contributed by atoms with van der Waals surface area (Å²) in [5, 5.41) is 1.44. The van der Waals surface area contributed by atoms with Gasteiger partial charge in [-0.25, -0.2) is 4.79 Å². The lowest BCUT2D eigenvalue weighted by molar-refractivity contribution is -0.147. The number of carbonyl (C=O) groups excluding carboxylic acids is 1. The number of carbonyl (C=O) groups is 1. The summed E-state index contributed by atoms with van der Waals surface area (Å²) < 4.78 is 10.7. The maximum atomic E-state index is 11.8. The number of pyridine rings is 1. The number of ether oxygens (including phenoxy) is 2. The number of halogens is 1. The first-order chi connectivity index (χ1) is 10.0. The van der Waals surface area contributed by atoms with Gasteiger partial charge in [0.15, 0.2) is 0 Å². The fourth-order valence-corrected chi connectivity index (χ4v) is 2.60. The van der Waals surface area contributed by atoms with Crippen LogP contribution in [0.15, 0.2) is 24.4 Å². The Morgan fingerprint density at radius 2 is 2.19 bits per heavy atom. The first-order valence-corrected chi connectivity index (χ1v) is 8.13. The number of fused-ring (bicyclic) bond motifs is 1. The summed E-state index contributed by atoms with van der Waals surface area (Å²) >= 11 is 7.26. The predicted molar refractivity (Wildman–Crippen MR) is 86.1 cm³/mol. The zero-order valence-corrected chi connectivity index (χ0v) is 13.6. The summed E-state index contributed by atoms with van der Waals surface area (Å²) in [7, 11) is 0. The molecule has 0 aliphatic heterocycles. The lowest BCUT2D eigenvalue weighted by atomic mass is 10.1. The Morgan fingerprint density at radius 1 is 1.43 bits per heavy atom. The molecule has 4 nitrogen and oxygen atoms in total. The normalized spacial score (nSPS) is 12.2. The van der Waals surface area contributed by atoms with E-state index in [4.69, 9.17) is 21.1 Å². The highest BCUT2D eigenvalue weighted by molar-refractivity contribution is 7.99. The van der Waals surface area contributed by atoms with Crippen molar-refractivity contribution >= 4 is 40.2 Å². The highest BCUT2D eigenvalue weighted by atomic mass is 35.5. The molecule has 112 valence electrons. The quantitative estimate of drug-likeness (QED) is 0.617. The number of thioether (sulfide) groups is 1. The van der Waals surface area contributed by atoms with E-state index in [1.807, 2.05) is 25.1 Å². The fourth-order valence-electron chi connectivity index (χ4n) is 1.97. The number of hydrogen-bond acceptors (Lipinski definition) is 5. The molecule has 0 spiro atoms. The molecule has 21 heavy (non-hydrogen) atoms. The average Bonchev–Trinajstić information content (AvgIpc) is 2.44. The monoisotopic (exact) mass is 325 g/mol. The van der Waals surface area contributed by atoms with E-state index in [-0.39, 0.29) is 5.97 Å². The second kappa shape index (κ2) is 7.00. The van der Waals surface area contributed by atoms with Gasteiger partial charge in [-0.1, -0.05) is 11.6 Å². The van der Waals surface area contributed by atoms with Crippen LogP contribution in [0.5, 0.6) is 5.75 Å². The number of nitrogens with zero attached hydrogens (tertiary/aromatic N) is 1. The maximum Gasteiger partial charge on any atom is 0.358 e. The van der Waals surface area contributed by atoms with Crippen LogP contribution in [0.25, 0.3) is 10.9 Å². The summed E-state index contributed by atoms with van der Waals surface area (Å²) in [4.78, 5) is 16.1. The molecule has 0 radical (unpaired) electrons. The molecule has 0 aliphatic rings. The number of aryl methyl sites for hydroxylation is 1. The Balaban J connectivity index is 2.31. The molecule has 0 N–H and O–H groups in total. The third kappa shape index (κ3) is 3.80. The highest BCUT2D eigenvalue weighted by Gasteiger charge is 2.20. The van der Waals surface area contributed by atoms with Gasteiger partial charge in [-0.2, -0.15) is 0 Å². The third-order valence-electron chi connectivity index (χ3n) is 2.85. The first kappa shape index (κ1) is 15.9. The molecule has 0 aliphatic carbocycles. The van der Waals surface area contributed by atoms with Gasteiger partial charge in [-0.15, -0.1) is 11.8 Å². The second-order valence-corrected chi connectivity index (χ2v) is 5.74. The topological polar surface area (TPSA) is 48.4 Å². The van der Waals surface area contributed by atoms with Crippen molar-refractivity contribution in [1.29, 1.82) is 0 Å². The van der Waals surface area contributed by atoms with Crippen molar-refractivity contribution in [2.75, 3.05) is 12.9 Å². The van der Waals surface area contributed by atoms with Gasteiger partial charge in [0.25, 0.3) is 0 Å². The van der Waals surface area contributed by atoms with Crippen molar-refractivity contribution in [3.63, 3.8) is 0 Å². The molecule has 1 heterocycles. The Morgan fingerprint density at radius 3 is 2.86 bits per heavy atom. The van der Waals surface area contributed by atoms with Crippen LogP contribution in [-0.4, -0.2) is 29.3 Å². The average molecular weight is 326 g/mol. The molecule has 2 aromatic rings. The van der Waals surface area contributed by atoms with E-state index >= 15 is 0 Å². The summed E-state index contributed by atoms with van der Waals surface area (Å²) in [5.41, 5.74) is 1.14. The van der Waals surface area contributed by atoms with E-state index in [9.17, 15) is 4.79 Å². The molecule has 1 aromatic carbocycles. The van der Waals surface area contributed by atoms with Crippen LogP contribution in [0.2, 0.25) is 5.02 Å². The van der Waals surface area contributed by atoms with Gasteiger partial charge in [0.1, 0.15) is 5.75 Å². The summed E-state index contributed by atoms with van der Waals surface area (Å²) in [6.07, 6.45) is 3.41. The highest BCUT2D eigenvalue weighted by Crippen LogP contribution is 2.27. The predicted octanol–water partition coefficient (Wildman–Crippen LogP) is 3.83. The lowest BCUT2D eigenvalue weighted by Gasteiger charge is -2.16. The van der Waals surface area contributed by atoms with Crippen molar-refractivity contribution in [3.05, 3.63) is 35.0 Å². The van der Waals surface area contributed by atoms with Crippen LogP contribution < -0.4 is 4.74 Å². The molecule has 1 aromatic heterocycles. The molecule has 1 atom stereocenters. The number of aromatic nitrogens is 1. The van der Waals surface area contributed by atoms with Crippen molar-refractivity contribution in [3.8, 4) is 5.75 Å². The molecule has 0 bridgehead atoms. The van der Waals surface area contributed by atoms with Crippen molar-refractivity contribution in [2.45, 2.75) is 19.3 Å². The molecule has 2 rings (SSSR count). The van der Waals surface area contributed by atoms with Gasteiger partial charge in [0.2, 0.25) is 5.44 Å². The molecule has 1 unspecified atom stereocenters. The van der Waals surface area contributed by atoms with E-state index in [1.165, 1.54) is 11.8 Å². The van der Waals surface area contributed by atoms with E-state index in [0.29, 0.717) is 17.4 Å². The summed E-state index contributed by atoms with van der Waals surface area (Å²) in [6, 6.07) is 5.50. The zero-order chi connectivity index (χ0) is 15.4. The Hall–Kier alpha value is -1.46. The van der Waals surface area contributed by atoms with Gasteiger partial charge in [-0.05, 0) is 43.9 Å². The Kier molecular flexibility index (Phi) is 5.31. The molecule has 0 fully saturated rings. The van der Waals surface area contributed by atoms with E-state index in [0.717, 1.165) is 16.5 Å². The van der Waals surface area contributed by atoms with Crippen LogP contribution in [0.4, 0.5) is 0 Å². The molecule has 0 saturated heterocycles. The van der Waals surface area contributed by atoms with E-state index in [1.54, 1.807) is 19.4 Å². The summed E-state index contributed by atoms with van der Waals surface area (Å²) in [5.74, 6) is 0.212. The van der Waals surface area contributed by atoms with Crippen LogP contribution >= 0.6 is 23.4 Å². The number of benzene rings is 1. The van der Waals surface area contributed by atoms with Crippen LogP contribution in [-0.2, 0) is 9.53 Å². The maximum absolute atomic E-state index is 11.8. The second-order valence-electron chi connectivity index (χ2n) is 4.40. The van der Waals surface area contributed by atoms with Gasteiger partial charge in [-0.3, -0.25) is 4.98 Å². The molecular weight excluding hydrogens is 310 g/mol.